The van der Waals surface area contributed by atoms with Gasteiger partial charge in [0.1, 0.15) is 11.6 Å². The first-order valence-corrected chi connectivity index (χ1v) is 4.77. The van der Waals surface area contributed by atoms with Crippen molar-refractivity contribution in [3.8, 4) is 5.75 Å². The second-order valence-corrected chi connectivity index (χ2v) is 3.08. The minimum absolute atomic E-state index is 0.0823. The summed E-state index contributed by atoms with van der Waals surface area (Å²) in [5.41, 5.74) is 5.13. The van der Waals surface area contributed by atoms with Gasteiger partial charge in [0.2, 0.25) is 0 Å². The van der Waals surface area contributed by atoms with E-state index in [0.717, 1.165) is 18.2 Å². The highest BCUT2D eigenvalue weighted by molar-refractivity contribution is 5.96. The normalized spacial score (nSPS) is 10.6. The van der Waals surface area contributed by atoms with E-state index in [-0.39, 0.29) is 17.9 Å². The van der Waals surface area contributed by atoms with E-state index in [4.69, 9.17) is 5.73 Å². The fraction of sp³-hybridized carbons (Fsp3) is 0.182. The summed E-state index contributed by atoms with van der Waals surface area (Å²) in [7, 11) is 0. The Morgan fingerprint density at radius 1 is 1.50 bits per heavy atom. The number of phenols is 1. The first-order chi connectivity index (χ1) is 7.65. The Hall–Kier alpha value is -1.88. The molecule has 16 heavy (non-hydrogen) atoms. The largest absolute Gasteiger partial charge is 0.507 e. The monoisotopic (exact) mass is 224 g/mol. The third-order valence-electron chi connectivity index (χ3n) is 1.89. The summed E-state index contributed by atoms with van der Waals surface area (Å²) in [5.74, 6) is -1.35. The summed E-state index contributed by atoms with van der Waals surface area (Å²) >= 11 is 0. The first kappa shape index (κ1) is 12.2. The van der Waals surface area contributed by atoms with Gasteiger partial charge in [0.15, 0.2) is 0 Å². The quantitative estimate of drug-likeness (QED) is 0.661. The molecule has 0 heterocycles. The fourth-order valence-corrected chi connectivity index (χ4v) is 1.12. The van der Waals surface area contributed by atoms with E-state index in [2.05, 4.69) is 5.32 Å². The van der Waals surface area contributed by atoms with Crippen LogP contribution in [0.2, 0.25) is 0 Å². The van der Waals surface area contributed by atoms with Gasteiger partial charge in [0.25, 0.3) is 5.91 Å². The van der Waals surface area contributed by atoms with Crippen molar-refractivity contribution in [2.75, 3.05) is 13.1 Å². The minimum atomic E-state index is -0.569. The number of nitrogens with two attached hydrogens (primary N) is 1. The lowest BCUT2D eigenvalue weighted by molar-refractivity contribution is 0.0955. The first-order valence-electron chi connectivity index (χ1n) is 4.77. The van der Waals surface area contributed by atoms with Gasteiger partial charge in [-0.25, -0.2) is 4.39 Å². The summed E-state index contributed by atoms with van der Waals surface area (Å²) in [6, 6.07) is 3.21. The van der Waals surface area contributed by atoms with Gasteiger partial charge in [-0.15, -0.1) is 0 Å². The van der Waals surface area contributed by atoms with Crippen molar-refractivity contribution in [1.82, 2.24) is 5.32 Å². The molecule has 0 unspecified atom stereocenters. The third kappa shape index (κ3) is 3.36. The van der Waals surface area contributed by atoms with Crippen LogP contribution in [0.25, 0.3) is 0 Å². The van der Waals surface area contributed by atoms with Crippen LogP contribution in [0.4, 0.5) is 4.39 Å². The fourth-order valence-electron chi connectivity index (χ4n) is 1.12. The lowest BCUT2D eigenvalue weighted by Gasteiger charge is -2.04. The molecule has 0 spiro atoms. The van der Waals surface area contributed by atoms with E-state index in [9.17, 15) is 14.3 Å². The van der Waals surface area contributed by atoms with Gasteiger partial charge in [0.05, 0.1) is 5.56 Å². The molecule has 0 aliphatic carbocycles. The zero-order chi connectivity index (χ0) is 12.0. The number of nitrogens with one attached hydrogen (secondary N) is 1. The number of aromatic hydroxyl groups is 1. The lowest BCUT2D eigenvalue weighted by Crippen LogP contribution is -2.23. The van der Waals surface area contributed by atoms with Gasteiger partial charge in [-0.3, -0.25) is 4.79 Å². The van der Waals surface area contributed by atoms with Crippen molar-refractivity contribution < 1.29 is 14.3 Å². The SMILES string of the molecule is NC/C=C/CNC(=O)c1cc(F)ccc1O. The van der Waals surface area contributed by atoms with Crippen LogP contribution in [0.5, 0.6) is 5.75 Å². The summed E-state index contributed by atoms with van der Waals surface area (Å²) in [6.45, 7) is 0.674. The van der Waals surface area contributed by atoms with Gasteiger partial charge in [-0.05, 0) is 18.2 Å². The maximum absolute atomic E-state index is 12.8. The van der Waals surface area contributed by atoms with E-state index in [1.807, 2.05) is 0 Å². The lowest BCUT2D eigenvalue weighted by atomic mass is 10.2. The number of rotatable bonds is 4. The highest BCUT2D eigenvalue weighted by Crippen LogP contribution is 2.17. The van der Waals surface area contributed by atoms with Gasteiger partial charge >= 0.3 is 0 Å². The second kappa shape index (κ2) is 5.87. The highest BCUT2D eigenvalue weighted by atomic mass is 19.1. The van der Waals surface area contributed by atoms with Gasteiger partial charge in [-0.1, -0.05) is 12.2 Å². The molecular weight excluding hydrogens is 211 g/mol. The number of amides is 1. The summed E-state index contributed by atoms with van der Waals surface area (Å²) in [4.78, 5) is 11.5. The molecule has 0 fully saturated rings. The Kier molecular flexibility index (Phi) is 4.47. The molecule has 1 amide bonds. The average Bonchev–Trinajstić information content (AvgIpc) is 2.27. The molecule has 4 N–H and O–H groups in total. The molecule has 1 aromatic rings. The van der Waals surface area contributed by atoms with Crippen LogP contribution in [-0.4, -0.2) is 24.1 Å². The Morgan fingerprint density at radius 2 is 2.25 bits per heavy atom. The van der Waals surface area contributed by atoms with Crippen molar-refractivity contribution in [1.29, 1.82) is 0 Å². The van der Waals surface area contributed by atoms with E-state index in [0.29, 0.717) is 6.54 Å². The van der Waals surface area contributed by atoms with Crippen LogP contribution < -0.4 is 11.1 Å². The smallest absolute Gasteiger partial charge is 0.255 e. The number of benzene rings is 1. The number of hydrogen-bond acceptors (Lipinski definition) is 3. The zero-order valence-electron chi connectivity index (χ0n) is 8.61. The molecule has 4 nitrogen and oxygen atoms in total. The van der Waals surface area contributed by atoms with Crippen LogP contribution in [0, 0.1) is 5.82 Å². The summed E-state index contributed by atoms with van der Waals surface area (Å²) in [6.07, 6.45) is 3.36. The molecule has 1 aromatic carbocycles. The van der Waals surface area contributed by atoms with Gasteiger partial charge in [-0.2, -0.15) is 0 Å². The van der Waals surface area contributed by atoms with Crippen molar-refractivity contribution in [2.24, 2.45) is 5.73 Å². The maximum Gasteiger partial charge on any atom is 0.255 e. The van der Waals surface area contributed by atoms with Gasteiger partial charge in [0, 0.05) is 13.1 Å². The van der Waals surface area contributed by atoms with Crippen LogP contribution in [0.3, 0.4) is 0 Å². The number of carbonyl (C=O) groups excluding carboxylic acids is 1. The molecule has 86 valence electrons. The predicted molar refractivity (Wildman–Crippen MR) is 58.6 cm³/mol. The third-order valence-corrected chi connectivity index (χ3v) is 1.89. The summed E-state index contributed by atoms with van der Waals surface area (Å²) in [5, 5.41) is 11.8. The van der Waals surface area contributed by atoms with Crippen LogP contribution in [-0.2, 0) is 0 Å². The summed E-state index contributed by atoms with van der Waals surface area (Å²) < 4.78 is 12.8. The molecule has 0 bridgehead atoms. The van der Waals surface area contributed by atoms with E-state index < -0.39 is 11.7 Å². The van der Waals surface area contributed by atoms with Crippen LogP contribution in [0.1, 0.15) is 10.4 Å². The standard InChI is InChI=1S/C11H13FN2O2/c12-8-3-4-10(15)9(7-8)11(16)14-6-2-1-5-13/h1-4,7,15H,5-6,13H2,(H,14,16)/b2-1+. The minimum Gasteiger partial charge on any atom is -0.507 e. The molecule has 0 aliphatic rings. The number of phenolic OH excluding ortho intramolecular Hbond substituents is 1. The van der Waals surface area contributed by atoms with Crippen molar-refractivity contribution in [3.05, 3.63) is 41.7 Å². The molecule has 0 saturated heterocycles. The van der Waals surface area contributed by atoms with Crippen LogP contribution >= 0.6 is 0 Å². The number of halogens is 1. The molecule has 0 aromatic heterocycles. The van der Waals surface area contributed by atoms with Crippen molar-refractivity contribution >= 4 is 5.91 Å². The molecule has 0 saturated carbocycles. The van der Waals surface area contributed by atoms with Gasteiger partial charge < -0.3 is 16.2 Å². The average molecular weight is 224 g/mol. The Bertz CT molecular complexity index is 405. The topological polar surface area (TPSA) is 75.3 Å². The Labute approximate surface area is 92.6 Å². The van der Waals surface area contributed by atoms with Crippen molar-refractivity contribution in [3.63, 3.8) is 0 Å². The van der Waals surface area contributed by atoms with E-state index in [1.54, 1.807) is 12.2 Å². The number of hydrogen-bond donors (Lipinski definition) is 3. The second-order valence-electron chi connectivity index (χ2n) is 3.08. The molecule has 0 atom stereocenters. The highest BCUT2D eigenvalue weighted by Gasteiger charge is 2.10. The van der Waals surface area contributed by atoms with E-state index in [1.165, 1.54) is 0 Å². The molecule has 5 heteroatoms. The molecule has 0 radical (unpaired) electrons. The Balaban J connectivity index is 2.65. The molecule has 0 aliphatic heterocycles. The predicted octanol–water partition coefficient (Wildman–Crippen LogP) is 0.776. The molecule has 1 rings (SSSR count). The number of carbonyl (C=O) groups is 1. The van der Waals surface area contributed by atoms with E-state index >= 15 is 0 Å². The maximum atomic E-state index is 12.8. The molecular formula is C11H13FN2O2. The van der Waals surface area contributed by atoms with Crippen molar-refractivity contribution in [2.45, 2.75) is 0 Å². The Morgan fingerprint density at radius 3 is 2.94 bits per heavy atom. The van der Waals surface area contributed by atoms with Crippen LogP contribution in [0.15, 0.2) is 30.4 Å². The zero-order valence-corrected chi connectivity index (χ0v) is 8.61.